The average Bonchev–Trinajstić information content (AvgIpc) is 3.14. The molecule has 1 aromatic heterocycles. The third-order valence-electron chi connectivity index (χ3n) is 3.63. The third kappa shape index (κ3) is 5.11. The van der Waals surface area contributed by atoms with E-state index in [1.165, 1.54) is 18.5 Å². The number of benzene rings is 2. The largest absolute Gasteiger partial charge is 0.490 e. The topological polar surface area (TPSA) is 72.1 Å². The molecule has 1 heterocycles. The summed E-state index contributed by atoms with van der Waals surface area (Å²) < 4.78 is 25.6. The Labute approximate surface area is 169 Å². The molecule has 0 fully saturated rings. The molecule has 0 amide bonds. The van der Waals surface area contributed by atoms with E-state index in [1.54, 1.807) is 6.07 Å². The van der Waals surface area contributed by atoms with Gasteiger partial charge in [0.15, 0.2) is 11.5 Å². The summed E-state index contributed by atoms with van der Waals surface area (Å²) in [4.78, 5) is 4.02. The summed E-state index contributed by atoms with van der Waals surface area (Å²) in [6.45, 7) is 3.10. The highest BCUT2D eigenvalue weighted by Crippen LogP contribution is 2.38. The van der Waals surface area contributed by atoms with Gasteiger partial charge in [-0.1, -0.05) is 17.7 Å². The van der Waals surface area contributed by atoms with Crippen LogP contribution in [-0.2, 0) is 13.2 Å². The minimum atomic E-state index is -0.386. The first-order valence-electron chi connectivity index (χ1n) is 8.18. The minimum Gasteiger partial charge on any atom is -0.490 e. The zero-order valence-electron chi connectivity index (χ0n) is 14.4. The van der Waals surface area contributed by atoms with Crippen LogP contribution in [0.15, 0.2) is 41.1 Å². The quantitative estimate of drug-likeness (QED) is 0.503. The van der Waals surface area contributed by atoms with E-state index in [9.17, 15) is 4.39 Å². The molecule has 9 heteroatoms. The molecule has 3 aromatic rings. The second-order valence-corrected chi connectivity index (χ2v) is 6.81. The molecule has 0 aliphatic carbocycles. The van der Waals surface area contributed by atoms with E-state index in [-0.39, 0.29) is 12.4 Å². The maximum absolute atomic E-state index is 13.2. The molecule has 6 nitrogen and oxygen atoms in total. The Morgan fingerprint density at radius 3 is 2.81 bits per heavy atom. The summed E-state index contributed by atoms with van der Waals surface area (Å²) in [5.41, 5.74) is 1.65. The average molecular weight is 456 g/mol. The predicted octanol–water partition coefficient (Wildman–Crippen LogP) is 4.95. The minimum absolute atomic E-state index is 0.188. The van der Waals surface area contributed by atoms with Gasteiger partial charge in [-0.3, -0.25) is 0 Å². The Morgan fingerprint density at radius 1 is 1.26 bits per heavy atom. The third-order valence-corrected chi connectivity index (χ3v) is 4.57. The van der Waals surface area contributed by atoms with Gasteiger partial charge in [-0.25, -0.2) is 14.5 Å². The normalized spacial score (nSPS) is 10.7. The summed E-state index contributed by atoms with van der Waals surface area (Å²) >= 11 is 9.60. The molecular weight excluding hydrogens is 439 g/mol. The SMILES string of the molecule is CCOc1cc(CNc2ncn[nH]2)cc(Br)c1OCc1ccc(F)cc1Cl. The predicted molar refractivity (Wildman–Crippen MR) is 105 cm³/mol. The maximum atomic E-state index is 13.2. The Hall–Kier alpha value is -2.32. The zero-order valence-corrected chi connectivity index (χ0v) is 16.8. The second-order valence-electron chi connectivity index (χ2n) is 5.55. The monoisotopic (exact) mass is 454 g/mol. The van der Waals surface area contributed by atoms with Crippen molar-refractivity contribution in [2.45, 2.75) is 20.1 Å². The molecule has 0 saturated carbocycles. The van der Waals surface area contributed by atoms with Gasteiger partial charge in [0, 0.05) is 12.1 Å². The lowest BCUT2D eigenvalue weighted by molar-refractivity contribution is 0.267. The lowest BCUT2D eigenvalue weighted by Gasteiger charge is -2.16. The fourth-order valence-corrected chi connectivity index (χ4v) is 3.22. The molecule has 0 radical (unpaired) electrons. The van der Waals surface area contributed by atoms with E-state index in [0.717, 1.165) is 10.0 Å². The molecule has 0 spiro atoms. The number of hydrogen-bond acceptors (Lipinski definition) is 5. The van der Waals surface area contributed by atoms with Crippen LogP contribution in [0.5, 0.6) is 11.5 Å². The Morgan fingerprint density at radius 2 is 2.11 bits per heavy atom. The van der Waals surface area contributed by atoms with Crippen molar-refractivity contribution >= 4 is 33.5 Å². The molecule has 0 aliphatic heterocycles. The van der Waals surface area contributed by atoms with E-state index in [2.05, 4.69) is 36.4 Å². The summed E-state index contributed by atoms with van der Waals surface area (Å²) in [6.07, 6.45) is 1.43. The maximum Gasteiger partial charge on any atom is 0.218 e. The molecule has 2 aromatic carbocycles. The first-order valence-corrected chi connectivity index (χ1v) is 9.35. The number of aromatic amines is 1. The van der Waals surface area contributed by atoms with Gasteiger partial charge in [0.25, 0.3) is 0 Å². The molecule has 2 N–H and O–H groups in total. The number of H-pyrrole nitrogens is 1. The summed E-state index contributed by atoms with van der Waals surface area (Å²) in [5, 5.41) is 9.98. The second kappa shape index (κ2) is 9.05. The van der Waals surface area contributed by atoms with Gasteiger partial charge in [0.1, 0.15) is 18.8 Å². The zero-order chi connectivity index (χ0) is 19.2. The summed E-state index contributed by atoms with van der Waals surface area (Å²) in [7, 11) is 0. The lowest BCUT2D eigenvalue weighted by atomic mass is 10.2. The Kier molecular flexibility index (Phi) is 6.52. The molecule has 0 saturated heterocycles. The van der Waals surface area contributed by atoms with Gasteiger partial charge in [-0.15, -0.1) is 0 Å². The standard InChI is InChI=1S/C18H17BrClFN4O2/c1-2-26-16-6-11(8-22-18-23-10-24-25-18)5-14(19)17(16)27-9-12-3-4-13(21)7-15(12)20/h3-7,10H,2,8-9H2,1H3,(H2,22,23,24,25). The van der Waals surface area contributed by atoms with Crippen LogP contribution < -0.4 is 14.8 Å². The van der Waals surface area contributed by atoms with Gasteiger partial charge < -0.3 is 14.8 Å². The summed E-state index contributed by atoms with van der Waals surface area (Å²) in [5.74, 6) is 1.35. The van der Waals surface area contributed by atoms with Gasteiger partial charge in [0.05, 0.1) is 16.1 Å². The van der Waals surface area contributed by atoms with Crippen molar-refractivity contribution in [1.29, 1.82) is 0 Å². The smallest absolute Gasteiger partial charge is 0.218 e. The van der Waals surface area contributed by atoms with Gasteiger partial charge >= 0.3 is 0 Å². The number of nitrogens with one attached hydrogen (secondary N) is 2. The van der Waals surface area contributed by atoms with Crippen LogP contribution in [0.2, 0.25) is 5.02 Å². The highest BCUT2D eigenvalue weighted by Gasteiger charge is 2.14. The first kappa shape index (κ1) is 19.4. The molecular formula is C18H17BrClFN4O2. The number of nitrogens with zero attached hydrogens (tertiary/aromatic N) is 2. The number of hydrogen-bond donors (Lipinski definition) is 2. The first-order chi connectivity index (χ1) is 13.1. The van der Waals surface area contributed by atoms with Gasteiger partial charge in [-0.2, -0.15) is 5.10 Å². The van der Waals surface area contributed by atoms with Crippen molar-refractivity contribution in [3.63, 3.8) is 0 Å². The highest BCUT2D eigenvalue weighted by molar-refractivity contribution is 9.10. The van der Waals surface area contributed by atoms with Crippen LogP contribution in [0, 0.1) is 5.82 Å². The van der Waals surface area contributed by atoms with Crippen molar-refractivity contribution in [2.75, 3.05) is 11.9 Å². The van der Waals surface area contributed by atoms with Crippen LogP contribution in [-0.4, -0.2) is 21.8 Å². The number of halogens is 3. The molecule has 0 atom stereocenters. The number of anilines is 1. The Bertz CT molecular complexity index is 909. The lowest BCUT2D eigenvalue weighted by Crippen LogP contribution is -2.05. The van der Waals surface area contributed by atoms with Crippen molar-refractivity contribution in [1.82, 2.24) is 15.2 Å². The molecule has 3 rings (SSSR count). The van der Waals surface area contributed by atoms with Crippen LogP contribution in [0.4, 0.5) is 10.3 Å². The van der Waals surface area contributed by atoms with E-state index in [4.69, 9.17) is 21.1 Å². The van der Waals surface area contributed by atoms with Crippen LogP contribution in [0.1, 0.15) is 18.1 Å². The van der Waals surface area contributed by atoms with E-state index >= 15 is 0 Å². The highest BCUT2D eigenvalue weighted by atomic mass is 79.9. The summed E-state index contributed by atoms with van der Waals surface area (Å²) in [6, 6.07) is 8.02. The fourth-order valence-electron chi connectivity index (χ4n) is 2.39. The van der Waals surface area contributed by atoms with Crippen molar-refractivity contribution in [3.05, 3.63) is 63.1 Å². The van der Waals surface area contributed by atoms with E-state index in [0.29, 0.717) is 41.2 Å². The van der Waals surface area contributed by atoms with E-state index < -0.39 is 0 Å². The van der Waals surface area contributed by atoms with Crippen molar-refractivity contribution in [3.8, 4) is 11.5 Å². The molecule has 27 heavy (non-hydrogen) atoms. The van der Waals surface area contributed by atoms with Crippen molar-refractivity contribution < 1.29 is 13.9 Å². The molecule has 0 aliphatic rings. The Balaban J connectivity index is 1.76. The van der Waals surface area contributed by atoms with Crippen LogP contribution >= 0.6 is 27.5 Å². The molecule has 142 valence electrons. The molecule has 0 bridgehead atoms. The van der Waals surface area contributed by atoms with Crippen LogP contribution in [0.25, 0.3) is 0 Å². The molecule has 0 unspecified atom stereocenters. The van der Waals surface area contributed by atoms with Gasteiger partial charge in [-0.05, 0) is 52.7 Å². The van der Waals surface area contributed by atoms with Crippen molar-refractivity contribution in [2.24, 2.45) is 0 Å². The van der Waals surface area contributed by atoms with Crippen LogP contribution in [0.3, 0.4) is 0 Å². The van der Waals surface area contributed by atoms with E-state index in [1.807, 2.05) is 19.1 Å². The van der Waals surface area contributed by atoms with Gasteiger partial charge in [0.2, 0.25) is 5.95 Å². The fraction of sp³-hybridized carbons (Fsp3) is 0.222. The number of aromatic nitrogens is 3. The number of rotatable bonds is 8. The number of ether oxygens (including phenoxy) is 2.